The van der Waals surface area contributed by atoms with Crippen molar-refractivity contribution >= 4 is 34.5 Å². The molecule has 0 saturated carbocycles. The number of imide groups is 1. The van der Waals surface area contributed by atoms with E-state index in [0.29, 0.717) is 29.5 Å². The van der Waals surface area contributed by atoms with Gasteiger partial charge in [-0.1, -0.05) is 35.5 Å². The van der Waals surface area contributed by atoms with Gasteiger partial charge in [-0.3, -0.25) is 14.5 Å². The second kappa shape index (κ2) is 8.84. The smallest absolute Gasteiger partial charge is 0.289 e. The van der Waals surface area contributed by atoms with Gasteiger partial charge in [0.05, 0.1) is 17.4 Å². The molecule has 5 nitrogen and oxygen atoms in total. The minimum Gasteiger partial charge on any atom is -0.493 e. The van der Waals surface area contributed by atoms with Gasteiger partial charge in [-0.15, -0.1) is 0 Å². The molecule has 0 aliphatic carbocycles. The molecule has 148 valence electrons. The van der Waals surface area contributed by atoms with Crippen LogP contribution >= 0.6 is 23.4 Å². The Balaban J connectivity index is 1.75. The summed E-state index contributed by atoms with van der Waals surface area (Å²) in [5.74, 6) is 0.292. The molecule has 1 saturated heterocycles. The largest absolute Gasteiger partial charge is 0.493 e. The predicted molar refractivity (Wildman–Crippen MR) is 107 cm³/mol. The van der Waals surface area contributed by atoms with Crippen LogP contribution in [0.5, 0.6) is 11.5 Å². The topological polar surface area (TPSA) is 55.8 Å². The van der Waals surface area contributed by atoms with Crippen molar-refractivity contribution in [1.29, 1.82) is 0 Å². The van der Waals surface area contributed by atoms with Crippen LogP contribution in [0.2, 0.25) is 5.02 Å². The maximum absolute atomic E-state index is 13.0. The summed E-state index contributed by atoms with van der Waals surface area (Å²) in [6.07, 6.45) is 0.361. The molecule has 0 radical (unpaired) electrons. The molecule has 0 spiro atoms. The number of rotatable bonds is 7. The molecule has 0 N–H and O–H groups in total. The van der Waals surface area contributed by atoms with Gasteiger partial charge in [0.15, 0.2) is 11.5 Å². The third kappa shape index (κ3) is 4.42. The van der Waals surface area contributed by atoms with Crippen LogP contribution in [0.3, 0.4) is 0 Å². The fourth-order valence-electron chi connectivity index (χ4n) is 2.89. The first-order valence-electron chi connectivity index (χ1n) is 8.68. The quantitative estimate of drug-likeness (QED) is 0.646. The zero-order valence-corrected chi connectivity index (χ0v) is 17.0. The number of thioether (sulfide) groups is 1. The number of halogens is 2. The number of hydrogen-bond acceptors (Lipinski definition) is 5. The first-order chi connectivity index (χ1) is 13.4. The number of carbonyl (C=O) groups is 2. The fourth-order valence-corrected chi connectivity index (χ4v) is 4.28. The number of methoxy groups -OCH3 is 1. The lowest BCUT2D eigenvalue weighted by atomic mass is 10.1. The molecule has 1 heterocycles. The van der Waals surface area contributed by atoms with Gasteiger partial charge in [0, 0.05) is 6.54 Å². The van der Waals surface area contributed by atoms with Crippen LogP contribution in [-0.2, 0) is 17.8 Å². The van der Waals surface area contributed by atoms with E-state index in [-0.39, 0.29) is 23.6 Å². The molecule has 1 aliphatic heterocycles. The first-order valence-corrected chi connectivity index (χ1v) is 9.94. The van der Waals surface area contributed by atoms with E-state index < -0.39 is 5.25 Å². The molecule has 0 bridgehead atoms. The highest BCUT2D eigenvalue weighted by Gasteiger charge is 2.38. The van der Waals surface area contributed by atoms with E-state index in [9.17, 15) is 14.0 Å². The Kier molecular flexibility index (Phi) is 6.46. The van der Waals surface area contributed by atoms with E-state index >= 15 is 0 Å². The van der Waals surface area contributed by atoms with Gasteiger partial charge in [-0.25, -0.2) is 4.39 Å². The third-order valence-electron chi connectivity index (χ3n) is 4.33. The van der Waals surface area contributed by atoms with Crippen LogP contribution in [-0.4, -0.2) is 35.0 Å². The molecule has 1 fully saturated rings. The summed E-state index contributed by atoms with van der Waals surface area (Å²) in [4.78, 5) is 25.4. The highest BCUT2D eigenvalue weighted by atomic mass is 35.5. The summed E-state index contributed by atoms with van der Waals surface area (Å²) in [7, 11) is 1.50. The molecule has 3 rings (SSSR count). The van der Waals surface area contributed by atoms with Crippen LogP contribution in [0.4, 0.5) is 9.18 Å². The maximum atomic E-state index is 13.0. The van der Waals surface area contributed by atoms with Crippen molar-refractivity contribution in [2.24, 2.45) is 0 Å². The predicted octanol–water partition coefficient (Wildman–Crippen LogP) is 4.69. The van der Waals surface area contributed by atoms with E-state index in [4.69, 9.17) is 21.1 Å². The van der Waals surface area contributed by atoms with Crippen molar-refractivity contribution in [3.05, 3.63) is 58.4 Å². The molecule has 0 aromatic heterocycles. The van der Waals surface area contributed by atoms with Gasteiger partial charge in [-0.05, 0) is 48.7 Å². The summed E-state index contributed by atoms with van der Waals surface area (Å²) in [5.41, 5.74) is 1.56. The van der Waals surface area contributed by atoms with E-state index in [0.717, 1.165) is 22.9 Å². The molecular weight excluding hydrogens is 405 g/mol. The fraction of sp³-hybridized carbons (Fsp3) is 0.300. The zero-order valence-electron chi connectivity index (χ0n) is 15.4. The molecule has 1 aliphatic rings. The van der Waals surface area contributed by atoms with Crippen molar-refractivity contribution < 1.29 is 23.5 Å². The molecule has 0 unspecified atom stereocenters. The minimum absolute atomic E-state index is 0.191. The molecule has 1 atom stereocenters. The summed E-state index contributed by atoms with van der Waals surface area (Å²) >= 11 is 7.40. The van der Waals surface area contributed by atoms with Crippen molar-refractivity contribution in [1.82, 2.24) is 4.90 Å². The van der Waals surface area contributed by atoms with Crippen LogP contribution in [0.15, 0.2) is 36.4 Å². The Labute approximate surface area is 171 Å². The number of nitrogens with zero attached hydrogens (tertiary/aromatic N) is 1. The SMILES string of the molecule is CCN1C(=O)S[C@H](Cc2cc(Cl)c(OCc3ccc(F)cc3)c(OC)c2)C1=O. The van der Waals surface area contributed by atoms with Crippen LogP contribution in [0.1, 0.15) is 18.1 Å². The minimum atomic E-state index is -0.473. The van der Waals surface area contributed by atoms with Gasteiger partial charge in [0.2, 0.25) is 5.91 Å². The second-order valence-corrected chi connectivity index (χ2v) is 7.74. The number of carbonyl (C=O) groups excluding carboxylic acids is 2. The van der Waals surface area contributed by atoms with Gasteiger partial charge < -0.3 is 9.47 Å². The highest BCUT2D eigenvalue weighted by molar-refractivity contribution is 8.15. The Morgan fingerprint density at radius 3 is 2.50 bits per heavy atom. The number of benzene rings is 2. The first kappa shape index (κ1) is 20.5. The summed E-state index contributed by atoms with van der Waals surface area (Å²) in [5, 5.41) is -0.361. The van der Waals surface area contributed by atoms with Crippen molar-refractivity contribution in [3.8, 4) is 11.5 Å². The molecular formula is C20H19ClFNO4S. The van der Waals surface area contributed by atoms with Gasteiger partial charge in [0.25, 0.3) is 5.24 Å². The summed E-state index contributed by atoms with van der Waals surface area (Å²) in [6.45, 7) is 2.33. The molecule has 8 heteroatoms. The Hall–Kier alpha value is -2.25. The van der Waals surface area contributed by atoms with E-state index in [2.05, 4.69) is 0 Å². The standard InChI is InChI=1S/C20H19ClFNO4S/c1-3-23-19(24)17(28-20(23)25)10-13-8-15(21)18(16(9-13)26-2)27-11-12-4-6-14(22)7-5-12/h4-9,17H,3,10-11H2,1-2H3/t17-/m1/s1. The van der Waals surface area contributed by atoms with Crippen LogP contribution < -0.4 is 9.47 Å². The molecule has 2 aromatic carbocycles. The number of ether oxygens (including phenoxy) is 2. The lowest BCUT2D eigenvalue weighted by Crippen LogP contribution is -2.31. The Bertz CT molecular complexity index is 891. The van der Waals surface area contributed by atoms with Crippen molar-refractivity contribution in [3.63, 3.8) is 0 Å². The molecule has 2 amide bonds. The van der Waals surface area contributed by atoms with Crippen LogP contribution in [0.25, 0.3) is 0 Å². The number of hydrogen-bond donors (Lipinski definition) is 0. The maximum Gasteiger partial charge on any atom is 0.289 e. The highest BCUT2D eigenvalue weighted by Crippen LogP contribution is 2.38. The summed E-state index contributed by atoms with van der Waals surface area (Å²) in [6, 6.07) is 9.43. The normalized spacial score (nSPS) is 16.6. The Morgan fingerprint density at radius 2 is 1.89 bits per heavy atom. The second-order valence-electron chi connectivity index (χ2n) is 6.18. The molecule has 2 aromatic rings. The average molecular weight is 424 g/mol. The monoisotopic (exact) mass is 423 g/mol. The molecule has 28 heavy (non-hydrogen) atoms. The Morgan fingerprint density at radius 1 is 1.18 bits per heavy atom. The lowest BCUT2D eigenvalue weighted by molar-refractivity contribution is -0.126. The van der Waals surface area contributed by atoms with Gasteiger partial charge >= 0.3 is 0 Å². The van der Waals surface area contributed by atoms with Gasteiger partial charge in [0.1, 0.15) is 12.4 Å². The van der Waals surface area contributed by atoms with E-state index in [1.807, 2.05) is 0 Å². The zero-order chi connectivity index (χ0) is 20.3. The summed E-state index contributed by atoms with van der Waals surface area (Å²) < 4.78 is 24.2. The third-order valence-corrected chi connectivity index (χ3v) is 5.68. The van der Waals surface area contributed by atoms with Gasteiger partial charge in [-0.2, -0.15) is 0 Å². The van der Waals surface area contributed by atoms with Crippen LogP contribution in [0, 0.1) is 5.82 Å². The van der Waals surface area contributed by atoms with E-state index in [1.54, 1.807) is 31.2 Å². The lowest BCUT2D eigenvalue weighted by Gasteiger charge is -2.15. The average Bonchev–Trinajstić information content (AvgIpc) is 2.94. The number of amides is 2. The van der Waals surface area contributed by atoms with Crippen molar-refractivity contribution in [2.45, 2.75) is 25.2 Å². The van der Waals surface area contributed by atoms with E-state index in [1.165, 1.54) is 24.1 Å². The van der Waals surface area contributed by atoms with Crippen molar-refractivity contribution in [2.75, 3.05) is 13.7 Å².